The largest absolute Gasteiger partial charge is 0.444 e. The molecule has 0 unspecified atom stereocenters. The first kappa shape index (κ1) is 18.8. The average Bonchev–Trinajstić information content (AvgIpc) is 2.74. The van der Waals surface area contributed by atoms with E-state index < -0.39 is 11.7 Å². The van der Waals surface area contributed by atoms with E-state index >= 15 is 0 Å². The van der Waals surface area contributed by atoms with Gasteiger partial charge in [-0.2, -0.15) is 0 Å². The molecule has 0 fully saturated rings. The van der Waals surface area contributed by atoms with Crippen LogP contribution in [-0.2, 0) is 11.3 Å². The second-order valence-corrected chi connectivity index (χ2v) is 6.88. The van der Waals surface area contributed by atoms with Crippen LogP contribution in [0.15, 0.2) is 83.7 Å². The summed E-state index contributed by atoms with van der Waals surface area (Å²) in [4.78, 5) is 28.0. The van der Waals surface area contributed by atoms with Gasteiger partial charge in [0.1, 0.15) is 12.3 Å². The number of fused-ring (bicyclic) bond motifs is 1. The third-order valence-corrected chi connectivity index (χ3v) is 4.71. The Morgan fingerprint density at radius 1 is 0.966 bits per heavy atom. The molecule has 5 nitrogen and oxygen atoms in total. The minimum atomic E-state index is -0.710. The molecule has 0 aliphatic heterocycles. The van der Waals surface area contributed by atoms with Crippen molar-refractivity contribution in [1.29, 1.82) is 0 Å². The normalized spacial score (nSPS) is 10.7. The van der Waals surface area contributed by atoms with E-state index in [4.69, 9.17) is 16.3 Å². The van der Waals surface area contributed by atoms with Crippen LogP contribution in [0.25, 0.3) is 22.0 Å². The summed E-state index contributed by atoms with van der Waals surface area (Å²) in [5.41, 5.74) is 2.54. The van der Waals surface area contributed by atoms with Crippen LogP contribution < -0.4 is 10.9 Å². The van der Waals surface area contributed by atoms with Gasteiger partial charge in [-0.15, -0.1) is 0 Å². The maximum atomic E-state index is 12.8. The number of hydrogen-bond donors (Lipinski definition) is 2. The summed E-state index contributed by atoms with van der Waals surface area (Å²) in [5.74, 6) is 0. The van der Waals surface area contributed by atoms with Gasteiger partial charge in [0.25, 0.3) is 5.56 Å². The van der Waals surface area contributed by atoms with Crippen molar-refractivity contribution in [2.24, 2.45) is 0 Å². The Kier molecular flexibility index (Phi) is 5.31. The van der Waals surface area contributed by atoms with Gasteiger partial charge in [-0.25, -0.2) is 4.79 Å². The fourth-order valence-electron chi connectivity index (χ4n) is 3.15. The van der Waals surface area contributed by atoms with Gasteiger partial charge in [-0.05, 0) is 29.3 Å². The number of aromatic amines is 1. The molecule has 144 valence electrons. The van der Waals surface area contributed by atoms with Crippen LogP contribution in [0.3, 0.4) is 0 Å². The summed E-state index contributed by atoms with van der Waals surface area (Å²) in [6, 6.07) is 23.9. The highest BCUT2D eigenvalue weighted by atomic mass is 35.5. The number of carbonyl (C=O) groups is 1. The summed E-state index contributed by atoms with van der Waals surface area (Å²) >= 11 is 6.19. The number of nitrogens with one attached hydrogen (secondary N) is 2. The number of carbonyl (C=O) groups excluding carboxylic acids is 1. The van der Waals surface area contributed by atoms with Gasteiger partial charge in [-0.3, -0.25) is 10.1 Å². The van der Waals surface area contributed by atoms with Gasteiger partial charge in [0.2, 0.25) is 0 Å². The van der Waals surface area contributed by atoms with Crippen molar-refractivity contribution in [1.82, 2.24) is 4.98 Å². The molecule has 6 heteroatoms. The van der Waals surface area contributed by atoms with Crippen molar-refractivity contribution in [2.45, 2.75) is 6.61 Å². The van der Waals surface area contributed by atoms with Crippen LogP contribution in [-0.4, -0.2) is 11.1 Å². The predicted octanol–water partition coefficient (Wildman–Crippen LogP) is 5.60. The van der Waals surface area contributed by atoms with Gasteiger partial charge in [-0.1, -0.05) is 72.3 Å². The maximum Gasteiger partial charge on any atom is 0.412 e. The summed E-state index contributed by atoms with van der Waals surface area (Å²) in [6.45, 7) is 0.102. The zero-order valence-corrected chi connectivity index (χ0v) is 16.1. The Bertz CT molecular complexity index is 1220. The smallest absolute Gasteiger partial charge is 0.412 e. The lowest BCUT2D eigenvalue weighted by atomic mass is 9.99. The monoisotopic (exact) mass is 404 g/mol. The van der Waals surface area contributed by atoms with E-state index in [1.54, 1.807) is 18.2 Å². The molecule has 0 saturated carbocycles. The first-order valence-corrected chi connectivity index (χ1v) is 9.38. The first-order valence-electron chi connectivity index (χ1n) is 9.00. The SMILES string of the molecule is O=C(Nc1c(-c2ccccc2)c2cc(Cl)ccc2[nH]c1=O)OCc1ccccc1. The number of halogens is 1. The van der Waals surface area contributed by atoms with Gasteiger partial charge in [0.15, 0.2) is 0 Å². The number of aromatic nitrogens is 1. The van der Waals surface area contributed by atoms with Crippen molar-refractivity contribution >= 4 is 34.3 Å². The molecule has 0 bridgehead atoms. The van der Waals surface area contributed by atoms with E-state index in [2.05, 4.69) is 10.3 Å². The quantitative estimate of drug-likeness (QED) is 0.465. The molecule has 2 N–H and O–H groups in total. The molecule has 29 heavy (non-hydrogen) atoms. The molecule has 0 saturated heterocycles. The molecule has 0 radical (unpaired) electrons. The summed E-state index contributed by atoms with van der Waals surface area (Å²) < 4.78 is 5.28. The van der Waals surface area contributed by atoms with E-state index in [0.717, 1.165) is 16.5 Å². The molecule has 0 atom stereocenters. The van der Waals surface area contributed by atoms with Crippen molar-refractivity contribution < 1.29 is 9.53 Å². The molecule has 0 spiro atoms. The standard InChI is InChI=1S/C23H17ClN2O3/c24-17-11-12-19-18(13-17)20(16-9-5-2-6-10-16)21(22(27)25-19)26-23(28)29-14-15-7-3-1-4-8-15/h1-13H,14H2,(H,25,27)(H,26,28). The Labute approximate surface area is 171 Å². The molecule has 0 aliphatic carbocycles. The molecular formula is C23H17ClN2O3. The number of hydrogen-bond acceptors (Lipinski definition) is 3. The van der Waals surface area contributed by atoms with Crippen LogP contribution >= 0.6 is 11.6 Å². The van der Waals surface area contributed by atoms with Gasteiger partial charge >= 0.3 is 6.09 Å². The van der Waals surface area contributed by atoms with Gasteiger partial charge < -0.3 is 9.72 Å². The van der Waals surface area contributed by atoms with Crippen LogP contribution in [0.2, 0.25) is 5.02 Å². The zero-order chi connectivity index (χ0) is 20.2. The number of rotatable bonds is 4. The van der Waals surface area contributed by atoms with E-state index in [-0.39, 0.29) is 12.3 Å². The molecule has 1 aromatic heterocycles. The lowest BCUT2D eigenvalue weighted by Crippen LogP contribution is -2.21. The minimum absolute atomic E-state index is 0.102. The average molecular weight is 405 g/mol. The van der Waals surface area contributed by atoms with Crippen LogP contribution in [0.1, 0.15) is 5.56 Å². The fraction of sp³-hybridized carbons (Fsp3) is 0.0435. The number of anilines is 1. The van der Waals surface area contributed by atoms with Crippen LogP contribution in [0.4, 0.5) is 10.5 Å². The van der Waals surface area contributed by atoms with E-state index in [1.165, 1.54) is 0 Å². The lowest BCUT2D eigenvalue weighted by molar-refractivity contribution is 0.155. The second-order valence-electron chi connectivity index (χ2n) is 6.45. The molecule has 3 aromatic carbocycles. The van der Waals surface area contributed by atoms with E-state index in [0.29, 0.717) is 16.1 Å². The number of ether oxygens (including phenoxy) is 1. The maximum absolute atomic E-state index is 12.8. The zero-order valence-electron chi connectivity index (χ0n) is 15.3. The molecule has 4 aromatic rings. The molecule has 0 aliphatic rings. The first-order chi connectivity index (χ1) is 14.1. The van der Waals surface area contributed by atoms with Crippen molar-refractivity contribution in [3.8, 4) is 11.1 Å². The molecule has 4 rings (SSSR count). The van der Waals surface area contributed by atoms with Crippen molar-refractivity contribution in [3.05, 3.63) is 99.8 Å². The molecule has 1 heterocycles. The number of amides is 1. The van der Waals surface area contributed by atoms with Crippen molar-refractivity contribution in [2.75, 3.05) is 5.32 Å². The minimum Gasteiger partial charge on any atom is -0.444 e. The Morgan fingerprint density at radius 3 is 2.38 bits per heavy atom. The molecular weight excluding hydrogens is 388 g/mol. The van der Waals surface area contributed by atoms with E-state index in [9.17, 15) is 9.59 Å². The Hall–Kier alpha value is -3.57. The van der Waals surface area contributed by atoms with Crippen LogP contribution in [0.5, 0.6) is 0 Å². The lowest BCUT2D eigenvalue weighted by Gasteiger charge is -2.14. The second kappa shape index (κ2) is 8.20. The van der Waals surface area contributed by atoms with Crippen LogP contribution in [0, 0.1) is 0 Å². The molecule has 1 amide bonds. The van der Waals surface area contributed by atoms with Gasteiger partial charge in [0.05, 0.1) is 0 Å². The topological polar surface area (TPSA) is 71.2 Å². The Balaban J connectivity index is 1.74. The highest BCUT2D eigenvalue weighted by Crippen LogP contribution is 2.33. The van der Waals surface area contributed by atoms with E-state index in [1.807, 2.05) is 60.7 Å². The fourth-order valence-corrected chi connectivity index (χ4v) is 3.32. The summed E-state index contributed by atoms with van der Waals surface area (Å²) in [5, 5.41) is 3.86. The third-order valence-electron chi connectivity index (χ3n) is 4.48. The van der Waals surface area contributed by atoms with Crippen molar-refractivity contribution in [3.63, 3.8) is 0 Å². The Morgan fingerprint density at radius 2 is 1.66 bits per heavy atom. The predicted molar refractivity (Wildman–Crippen MR) is 115 cm³/mol. The number of pyridine rings is 1. The third kappa shape index (κ3) is 4.15. The summed E-state index contributed by atoms with van der Waals surface area (Å²) in [6.07, 6.45) is -0.710. The highest BCUT2D eigenvalue weighted by molar-refractivity contribution is 6.31. The van der Waals surface area contributed by atoms with Gasteiger partial charge in [0, 0.05) is 21.5 Å². The number of H-pyrrole nitrogens is 1. The highest BCUT2D eigenvalue weighted by Gasteiger charge is 2.17. The number of benzene rings is 3. The summed E-state index contributed by atoms with van der Waals surface area (Å²) in [7, 11) is 0.